The van der Waals surface area contributed by atoms with E-state index in [1.54, 1.807) is 0 Å². The molecule has 0 saturated heterocycles. The highest BCUT2D eigenvalue weighted by Gasteiger charge is 2.14. The van der Waals surface area contributed by atoms with Crippen molar-refractivity contribution in [3.63, 3.8) is 0 Å². The molecular weight excluding hydrogens is 200 g/mol. The van der Waals surface area contributed by atoms with Crippen LogP contribution in [0.1, 0.15) is 12.8 Å². The number of carboxylic acid groups (broad SMARTS) is 1. The van der Waals surface area contributed by atoms with Gasteiger partial charge in [0.1, 0.15) is 0 Å². The van der Waals surface area contributed by atoms with Crippen LogP contribution in [-0.2, 0) is 9.59 Å². The van der Waals surface area contributed by atoms with Crippen LogP contribution < -0.4 is 11.1 Å². The summed E-state index contributed by atoms with van der Waals surface area (Å²) in [6.07, 6.45) is 0.381. The number of carboxylic acids is 1. The molecule has 0 saturated carbocycles. The van der Waals surface area contributed by atoms with Crippen molar-refractivity contribution < 1.29 is 19.8 Å². The molecule has 6 heteroatoms. The third-order valence-electron chi connectivity index (χ3n) is 1.76. The summed E-state index contributed by atoms with van der Waals surface area (Å²) in [4.78, 5) is 21.4. The fourth-order valence-electron chi connectivity index (χ4n) is 0.873. The maximum absolute atomic E-state index is 11.2. The van der Waals surface area contributed by atoms with Crippen LogP contribution in [0.4, 0.5) is 0 Å². The van der Waals surface area contributed by atoms with E-state index in [2.05, 4.69) is 11.9 Å². The van der Waals surface area contributed by atoms with Crippen LogP contribution in [0.15, 0.2) is 12.7 Å². The highest BCUT2D eigenvalue weighted by atomic mass is 16.4. The van der Waals surface area contributed by atoms with Crippen LogP contribution in [0, 0.1) is 0 Å². The van der Waals surface area contributed by atoms with Gasteiger partial charge in [-0.3, -0.25) is 4.79 Å². The lowest BCUT2D eigenvalue weighted by atomic mass is 10.2. The topological polar surface area (TPSA) is 113 Å². The first-order valence-electron chi connectivity index (χ1n) is 4.54. The van der Waals surface area contributed by atoms with E-state index in [9.17, 15) is 9.59 Å². The summed E-state index contributed by atoms with van der Waals surface area (Å²) in [5, 5.41) is 19.6. The van der Waals surface area contributed by atoms with Crippen LogP contribution in [0.2, 0.25) is 0 Å². The van der Waals surface area contributed by atoms with Gasteiger partial charge in [0.05, 0.1) is 6.04 Å². The molecule has 0 aromatic carbocycles. The highest BCUT2D eigenvalue weighted by Crippen LogP contribution is 1.92. The number of amides is 1. The zero-order chi connectivity index (χ0) is 11.8. The van der Waals surface area contributed by atoms with Crippen molar-refractivity contribution in [1.82, 2.24) is 5.32 Å². The molecule has 0 aliphatic heterocycles. The number of rotatable bonds is 7. The fourth-order valence-corrected chi connectivity index (χ4v) is 0.873. The number of aliphatic hydroxyl groups is 1. The van der Waals surface area contributed by atoms with Gasteiger partial charge < -0.3 is 21.3 Å². The molecule has 0 spiro atoms. The predicted molar refractivity (Wildman–Crippen MR) is 54.1 cm³/mol. The minimum Gasteiger partial charge on any atom is -0.479 e. The van der Waals surface area contributed by atoms with E-state index in [-0.39, 0.29) is 18.9 Å². The first-order chi connectivity index (χ1) is 6.99. The summed E-state index contributed by atoms with van der Waals surface area (Å²) in [6.45, 7) is 3.52. The normalized spacial score (nSPS) is 14.0. The molecule has 0 fully saturated rings. The number of hydrogen-bond donors (Lipinski definition) is 4. The summed E-state index contributed by atoms with van der Waals surface area (Å²) in [5.41, 5.74) is 5.44. The Bertz CT molecular complexity index is 242. The molecule has 0 aromatic heterocycles. The third-order valence-corrected chi connectivity index (χ3v) is 1.76. The zero-order valence-corrected chi connectivity index (χ0v) is 8.35. The van der Waals surface area contributed by atoms with Crippen molar-refractivity contribution in [2.24, 2.45) is 5.73 Å². The van der Waals surface area contributed by atoms with E-state index in [1.165, 1.54) is 6.08 Å². The monoisotopic (exact) mass is 216 g/mol. The van der Waals surface area contributed by atoms with E-state index in [0.29, 0.717) is 6.42 Å². The van der Waals surface area contributed by atoms with Crippen LogP contribution in [0.3, 0.4) is 0 Å². The van der Waals surface area contributed by atoms with Gasteiger partial charge in [0.25, 0.3) is 0 Å². The smallest absolute Gasteiger partial charge is 0.332 e. The lowest BCUT2D eigenvalue weighted by Gasteiger charge is -2.11. The summed E-state index contributed by atoms with van der Waals surface area (Å²) in [5.74, 6) is -1.69. The molecule has 2 atom stereocenters. The molecule has 2 unspecified atom stereocenters. The average Bonchev–Trinajstić information content (AvgIpc) is 2.17. The number of nitrogens with one attached hydrogen (secondary N) is 1. The number of aliphatic carboxylic acids is 1. The molecule has 0 rings (SSSR count). The summed E-state index contributed by atoms with van der Waals surface area (Å²) in [6, 6.07) is -0.676. The quantitative estimate of drug-likeness (QED) is 0.401. The number of carbonyl (C=O) groups is 2. The molecule has 15 heavy (non-hydrogen) atoms. The second kappa shape index (κ2) is 6.97. The second-order valence-electron chi connectivity index (χ2n) is 3.06. The Morgan fingerprint density at radius 3 is 2.60 bits per heavy atom. The van der Waals surface area contributed by atoms with Gasteiger partial charge in [-0.2, -0.15) is 0 Å². The minimum atomic E-state index is -1.46. The SMILES string of the molecule is C=CCC(N)C(=O)NCCC(O)C(=O)O. The van der Waals surface area contributed by atoms with Crippen LogP contribution in [0.5, 0.6) is 0 Å². The molecule has 5 N–H and O–H groups in total. The third kappa shape index (κ3) is 5.82. The van der Waals surface area contributed by atoms with Crippen molar-refractivity contribution in [2.45, 2.75) is 25.0 Å². The Morgan fingerprint density at radius 2 is 2.13 bits per heavy atom. The lowest BCUT2D eigenvalue weighted by molar-refractivity contribution is -0.147. The van der Waals surface area contributed by atoms with Gasteiger partial charge in [0.15, 0.2) is 6.10 Å². The standard InChI is InChI=1S/C9H16N2O4/c1-2-3-6(10)8(13)11-5-4-7(12)9(14)15/h2,6-7,12H,1,3-5,10H2,(H,11,13)(H,14,15). The van der Waals surface area contributed by atoms with Gasteiger partial charge in [-0.25, -0.2) is 4.79 Å². The Morgan fingerprint density at radius 1 is 1.53 bits per heavy atom. The zero-order valence-electron chi connectivity index (χ0n) is 8.35. The van der Waals surface area contributed by atoms with Crippen molar-refractivity contribution in [1.29, 1.82) is 0 Å². The van der Waals surface area contributed by atoms with Gasteiger partial charge >= 0.3 is 5.97 Å². The molecule has 0 bridgehead atoms. The second-order valence-corrected chi connectivity index (χ2v) is 3.06. The molecule has 0 heterocycles. The summed E-state index contributed by atoms with van der Waals surface area (Å²) >= 11 is 0. The highest BCUT2D eigenvalue weighted by molar-refractivity contribution is 5.81. The van der Waals surface area contributed by atoms with Gasteiger partial charge in [0, 0.05) is 13.0 Å². The van der Waals surface area contributed by atoms with Crippen molar-refractivity contribution in [3.05, 3.63) is 12.7 Å². The Labute approximate surface area is 87.8 Å². The van der Waals surface area contributed by atoms with Crippen molar-refractivity contribution in [2.75, 3.05) is 6.54 Å². The first kappa shape index (κ1) is 13.6. The van der Waals surface area contributed by atoms with Crippen LogP contribution in [0.25, 0.3) is 0 Å². The molecule has 0 radical (unpaired) electrons. The van der Waals surface area contributed by atoms with Crippen LogP contribution >= 0.6 is 0 Å². The largest absolute Gasteiger partial charge is 0.479 e. The van der Waals surface area contributed by atoms with Gasteiger partial charge in [0.2, 0.25) is 5.91 Å². The van der Waals surface area contributed by atoms with E-state index in [1.807, 2.05) is 0 Å². The van der Waals surface area contributed by atoms with E-state index in [0.717, 1.165) is 0 Å². The maximum Gasteiger partial charge on any atom is 0.332 e. The molecule has 0 aliphatic carbocycles. The summed E-state index contributed by atoms with van der Waals surface area (Å²) in [7, 11) is 0. The number of carbonyl (C=O) groups excluding carboxylic acids is 1. The van der Waals surface area contributed by atoms with Gasteiger partial charge in [-0.05, 0) is 6.42 Å². The Kier molecular flexibility index (Phi) is 6.32. The molecule has 0 aliphatic rings. The Balaban J connectivity index is 3.72. The molecule has 6 nitrogen and oxygen atoms in total. The minimum absolute atomic E-state index is 0.0398. The summed E-state index contributed by atoms with van der Waals surface area (Å²) < 4.78 is 0. The van der Waals surface area contributed by atoms with Crippen molar-refractivity contribution in [3.8, 4) is 0 Å². The molecular formula is C9H16N2O4. The molecule has 86 valence electrons. The van der Waals surface area contributed by atoms with E-state index < -0.39 is 18.1 Å². The van der Waals surface area contributed by atoms with E-state index in [4.69, 9.17) is 15.9 Å². The van der Waals surface area contributed by atoms with Crippen LogP contribution in [-0.4, -0.2) is 40.8 Å². The molecule has 0 aromatic rings. The first-order valence-corrected chi connectivity index (χ1v) is 4.54. The average molecular weight is 216 g/mol. The van der Waals surface area contributed by atoms with Crippen molar-refractivity contribution >= 4 is 11.9 Å². The fraction of sp³-hybridized carbons (Fsp3) is 0.556. The molecule has 1 amide bonds. The predicted octanol–water partition coefficient (Wildman–Crippen LogP) is -1.16. The van der Waals surface area contributed by atoms with E-state index >= 15 is 0 Å². The van der Waals surface area contributed by atoms with Gasteiger partial charge in [-0.1, -0.05) is 6.08 Å². The van der Waals surface area contributed by atoms with Gasteiger partial charge in [-0.15, -0.1) is 6.58 Å². The lowest BCUT2D eigenvalue weighted by Crippen LogP contribution is -2.41. The number of hydrogen-bond acceptors (Lipinski definition) is 4. The number of nitrogens with two attached hydrogens (primary N) is 1. The Hall–Kier alpha value is -1.40. The maximum atomic E-state index is 11.2. The number of aliphatic hydroxyl groups excluding tert-OH is 1.